The Morgan fingerprint density at radius 3 is 2.72 bits per heavy atom. The minimum absolute atomic E-state index is 0.509. The van der Waals surface area contributed by atoms with Gasteiger partial charge in [0.2, 0.25) is 5.88 Å². The first-order chi connectivity index (χ1) is 12.2. The molecular weight excluding hydrogens is 312 g/mol. The van der Waals surface area contributed by atoms with Gasteiger partial charge in [0.1, 0.15) is 6.61 Å². The zero-order chi connectivity index (χ0) is 17.5. The average Bonchev–Trinajstić information content (AvgIpc) is 2.66. The van der Waals surface area contributed by atoms with Gasteiger partial charge in [-0.3, -0.25) is 0 Å². The van der Waals surface area contributed by atoms with Gasteiger partial charge in [0.25, 0.3) is 0 Å². The summed E-state index contributed by atoms with van der Waals surface area (Å²) in [4.78, 5) is 11.0. The first-order valence-electron chi connectivity index (χ1n) is 8.87. The van der Waals surface area contributed by atoms with Gasteiger partial charge in [0.15, 0.2) is 5.96 Å². The normalized spacial score (nSPS) is 16.0. The first kappa shape index (κ1) is 17.3. The van der Waals surface area contributed by atoms with E-state index in [-0.39, 0.29) is 0 Å². The number of rotatable bonds is 5. The molecule has 5 nitrogen and oxygen atoms in total. The Labute approximate surface area is 149 Å². The number of hydrogen-bond acceptors (Lipinski definition) is 3. The van der Waals surface area contributed by atoms with Crippen molar-refractivity contribution in [1.82, 2.24) is 9.88 Å². The Kier molecular flexibility index (Phi) is 5.88. The van der Waals surface area contributed by atoms with Crippen LogP contribution in [0.15, 0.2) is 53.7 Å². The number of ether oxygens (including phenoxy) is 1. The molecule has 5 heteroatoms. The lowest BCUT2D eigenvalue weighted by molar-refractivity contribution is 0.277. The summed E-state index contributed by atoms with van der Waals surface area (Å²) in [6.45, 7) is 5.34. The number of pyridine rings is 1. The van der Waals surface area contributed by atoms with E-state index in [4.69, 9.17) is 10.5 Å². The molecule has 0 amide bonds. The molecule has 1 aliphatic heterocycles. The molecule has 1 saturated heterocycles. The summed E-state index contributed by atoms with van der Waals surface area (Å²) in [5.74, 6) is 2.03. The van der Waals surface area contributed by atoms with Crippen molar-refractivity contribution in [3.63, 3.8) is 0 Å². The van der Waals surface area contributed by atoms with Crippen molar-refractivity contribution >= 4 is 5.96 Å². The van der Waals surface area contributed by atoms with Crippen LogP contribution >= 0.6 is 0 Å². The van der Waals surface area contributed by atoms with E-state index in [0.29, 0.717) is 25.0 Å². The Morgan fingerprint density at radius 2 is 1.96 bits per heavy atom. The average molecular weight is 338 g/mol. The summed E-state index contributed by atoms with van der Waals surface area (Å²) in [7, 11) is 0. The molecule has 132 valence electrons. The maximum atomic E-state index is 6.14. The zero-order valence-corrected chi connectivity index (χ0v) is 14.8. The molecule has 2 N–H and O–H groups in total. The summed E-state index contributed by atoms with van der Waals surface area (Å²) in [6.07, 6.45) is 4.12. The van der Waals surface area contributed by atoms with Crippen LogP contribution in [-0.4, -0.2) is 28.9 Å². The standard InChI is InChI=1S/C20H26N4O/c1-16-8-11-24(12-9-16)20(21)23-14-18-7-10-22-19(13-18)25-15-17-5-3-2-4-6-17/h2-7,10,13,16H,8-9,11-12,14-15H2,1H3,(H2,21,23). The number of benzene rings is 1. The van der Waals surface area contributed by atoms with Crippen molar-refractivity contribution in [2.24, 2.45) is 16.6 Å². The second-order valence-electron chi connectivity index (χ2n) is 6.62. The highest BCUT2D eigenvalue weighted by molar-refractivity contribution is 5.78. The summed E-state index contributed by atoms with van der Waals surface area (Å²) in [5, 5.41) is 0. The number of guanidine groups is 1. The minimum atomic E-state index is 0.509. The number of nitrogens with zero attached hydrogens (tertiary/aromatic N) is 3. The fourth-order valence-electron chi connectivity index (χ4n) is 2.87. The predicted octanol–water partition coefficient (Wildman–Crippen LogP) is 3.21. The number of aliphatic imine (C=N–C) groups is 1. The van der Waals surface area contributed by atoms with E-state index in [1.807, 2.05) is 42.5 Å². The van der Waals surface area contributed by atoms with Gasteiger partial charge in [0, 0.05) is 25.4 Å². The molecule has 0 spiro atoms. The van der Waals surface area contributed by atoms with E-state index in [1.54, 1.807) is 6.20 Å². The smallest absolute Gasteiger partial charge is 0.213 e. The SMILES string of the molecule is CC1CCN(C(N)=NCc2ccnc(OCc3ccccc3)c2)CC1. The fraction of sp³-hybridized carbons (Fsp3) is 0.400. The van der Waals surface area contributed by atoms with Crippen LogP contribution in [0.5, 0.6) is 5.88 Å². The second-order valence-corrected chi connectivity index (χ2v) is 6.62. The van der Waals surface area contributed by atoms with E-state index in [2.05, 4.69) is 21.8 Å². The molecule has 1 aliphatic rings. The Balaban J connectivity index is 1.55. The van der Waals surface area contributed by atoms with Gasteiger partial charge in [-0.25, -0.2) is 9.98 Å². The van der Waals surface area contributed by atoms with Gasteiger partial charge in [-0.05, 0) is 36.0 Å². The highest BCUT2D eigenvalue weighted by Crippen LogP contribution is 2.16. The Hall–Kier alpha value is -2.56. The topological polar surface area (TPSA) is 63.7 Å². The van der Waals surface area contributed by atoms with Crippen LogP contribution in [0.2, 0.25) is 0 Å². The number of piperidine rings is 1. The summed E-state index contributed by atoms with van der Waals surface area (Å²) in [5.41, 5.74) is 8.31. The van der Waals surface area contributed by atoms with Gasteiger partial charge in [-0.15, -0.1) is 0 Å². The van der Waals surface area contributed by atoms with Crippen LogP contribution in [0.25, 0.3) is 0 Å². The Morgan fingerprint density at radius 1 is 1.20 bits per heavy atom. The molecule has 2 heterocycles. The van der Waals surface area contributed by atoms with Gasteiger partial charge < -0.3 is 15.4 Å². The highest BCUT2D eigenvalue weighted by atomic mass is 16.5. The van der Waals surface area contributed by atoms with Gasteiger partial charge >= 0.3 is 0 Å². The summed E-state index contributed by atoms with van der Waals surface area (Å²) >= 11 is 0. The van der Waals surface area contributed by atoms with Crippen molar-refractivity contribution < 1.29 is 4.74 Å². The van der Waals surface area contributed by atoms with E-state index < -0.39 is 0 Å². The van der Waals surface area contributed by atoms with Crippen LogP contribution in [0, 0.1) is 5.92 Å². The van der Waals surface area contributed by atoms with Gasteiger partial charge in [0.05, 0.1) is 6.54 Å². The highest BCUT2D eigenvalue weighted by Gasteiger charge is 2.16. The number of nitrogens with two attached hydrogens (primary N) is 1. The number of aromatic nitrogens is 1. The molecule has 0 atom stereocenters. The molecule has 1 fully saturated rings. The van der Waals surface area contributed by atoms with Crippen LogP contribution in [0.3, 0.4) is 0 Å². The van der Waals surface area contributed by atoms with Crippen molar-refractivity contribution in [2.75, 3.05) is 13.1 Å². The molecule has 1 aromatic carbocycles. The molecule has 0 unspecified atom stereocenters. The molecule has 0 saturated carbocycles. The molecule has 0 bridgehead atoms. The second kappa shape index (κ2) is 8.51. The van der Waals surface area contributed by atoms with Crippen molar-refractivity contribution in [2.45, 2.75) is 32.9 Å². The van der Waals surface area contributed by atoms with E-state index in [0.717, 1.165) is 30.1 Å². The molecule has 0 radical (unpaired) electrons. The third kappa shape index (κ3) is 5.21. The van der Waals surface area contributed by atoms with Gasteiger partial charge in [-0.1, -0.05) is 37.3 Å². The lowest BCUT2D eigenvalue weighted by Crippen LogP contribution is -2.42. The monoisotopic (exact) mass is 338 g/mol. The first-order valence-corrected chi connectivity index (χ1v) is 8.87. The number of likely N-dealkylation sites (tertiary alicyclic amines) is 1. The maximum Gasteiger partial charge on any atom is 0.213 e. The Bertz CT molecular complexity index is 694. The van der Waals surface area contributed by atoms with Crippen molar-refractivity contribution in [3.8, 4) is 5.88 Å². The molecule has 0 aliphatic carbocycles. The molecule has 2 aromatic rings. The van der Waals surface area contributed by atoms with Crippen LogP contribution in [0.1, 0.15) is 30.9 Å². The minimum Gasteiger partial charge on any atom is -0.473 e. The molecule has 3 rings (SSSR count). The lowest BCUT2D eigenvalue weighted by Gasteiger charge is -2.31. The van der Waals surface area contributed by atoms with Gasteiger partial charge in [-0.2, -0.15) is 0 Å². The predicted molar refractivity (Wildman–Crippen MR) is 100 cm³/mol. The van der Waals surface area contributed by atoms with Crippen LogP contribution < -0.4 is 10.5 Å². The number of hydrogen-bond donors (Lipinski definition) is 1. The summed E-state index contributed by atoms with van der Waals surface area (Å²) < 4.78 is 5.77. The van der Waals surface area contributed by atoms with E-state index >= 15 is 0 Å². The third-order valence-electron chi connectivity index (χ3n) is 4.56. The molecule has 25 heavy (non-hydrogen) atoms. The summed E-state index contributed by atoms with van der Waals surface area (Å²) in [6, 6.07) is 13.9. The van der Waals surface area contributed by atoms with E-state index in [1.165, 1.54) is 12.8 Å². The van der Waals surface area contributed by atoms with Crippen molar-refractivity contribution in [1.29, 1.82) is 0 Å². The molecular formula is C20H26N4O. The maximum absolute atomic E-state index is 6.14. The largest absolute Gasteiger partial charge is 0.473 e. The third-order valence-corrected chi connectivity index (χ3v) is 4.56. The fourth-order valence-corrected chi connectivity index (χ4v) is 2.87. The van der Waals surface area contributed by atoms with Crippen LogP contribution in [-0.2, 0) is 13.2 Å². The quantitative estimate of drug-likeness (QED) is 0.672. The molecule has 1 aromatic heterocycles. The lowest BCUT2D eigenvalue weighted by atomic mass is 10.00. The zero-order valence-electron chi connectivity index (χ0n) is 14.8. The van der Waals surface area contributed by atoms with Crippen molar-refractivity contribution in [3.05, 3.63) is 59.8 Å². The van der Waals surface area contributed by atoms with E-state index in [9.17, 15) is 0 Å². The van der Waals surface area contributed by atoms with Crippen LogP contribution in [0.4, 0.5) is 0 Å².